The lowest BCUT2D eigenvalue weighted by atomic mass is 10.2. The predicted octanol–water partition coefficient (Wildman–Crippen LogP) is 2.57. The first-order valence-electron chi connectivity index (χ1n) is 6.34. The Hall–Kier alpha value is -0.780. The second kappa shape index (κ2) is 8.34. The van der Waals surface area contributed by atoms with Gasteiger partial charge in [0.15, 0.2) is 0 Å². The average molecular weight is 268 g/mol. The van der Waals surface area contributed by atoms with E-state index in [1.54, 1.807) is 0 Å². The number of halogens is 3. The highest BCUT2D eigenvalue weighted by molar-refractivity contribution is 5.76. The third kappa shape index (κ3) is 9.27. The number of nitrogens with one attached hydrogen (secondary N) is 1. The van der Waals surface area contributed by atoms with Crippen LogP contribution in [0.5, 0.6) is 0 Å². The van der Waals surface area contributed by atoms with Gasteiger partial charge in [0.05, 0.1) is 0 Å². The second-order valence-electron chi connectivity index (χ2n) is 4.64. The highest BCUT2D eigenvalue weighted by Crippen LogP contribution is 2.17. The summed E-state index contributed by atoms with van der Waals surface area (Å²) in [5.74, 6) is -0.436. The SMILES string of the molecule is CCCCN(CC(F)(F)F)C(=O)CCNC(C)C. The Morgan fingerprint density at radius 3 is 2.39 bits per heavy atom. The molecule has 0 aromatic rings. The molecule has 0 aliphatic heterocycles. The predicted molar refractivity (Wildman–Crippen MR) is 65.3 cm³/mol. The van der Waals surface area contributed by atoms with Crippen molar-refractivity contribution in [3.8, 4) is 0 Å². The quantitative estimate of drug-likeness (QED) is 0.734. The van der Waals surface area contributed by atoms with Crippen molar-refractivity contribution < 1.29 is 18.0 Å². The molecule has 1 amide bonds. The van der Waals surface area contributed by atoms with Crippen molar-refractivity contribution in [2.75, 3.05) is 19.6 Å². The molecule has 1 N–H and O–H groups in total. The zero-order valence-electron chi connectivity index (χ0n) is 11.3. The maximum Gasteiger partial charge on any atom is 0.406 e. The average Bonchev–Trinajstić information content (AvgIpc) is 2.21. The van der Waals surface area contributed by atoms with E-state index in [0.29, 0.717) is 13.0 Å². The third-order valence-electron chi connectivity index (χ3n) is 2.40. The maximum absolute atomic E-state index is 12.3. The lowest BCUT2D eigenvalue weighted by Crippen LogP contribution is -2.41. The number of nitrogens with zero attached hydrogens (tertiary/aromatic N) is 1. The zero-order valence-corrected chi connectivity index (χ0v) is 11.3. The Balaban J connectivity index is 4.22. The Morgan fingerprint density at radius 2 is 1.94 bits per heavy atom. The van der Waals surface area contributed by atoms with E-state index in [0.717, 1.165) is 11.3 Å². The van der Waals surface area contributed by atoms with Crippen LogP contribution in [0, 0.1) is 0 Å². The van der Waals surface area contributed by atoms with Crippen molar-refractivity contribution in [1.29, 1.82) is 0 Å². The molecule has 0 bridgehead atoms. The molecule has 0 radical (unpaired) electrons. The van der Waals surface area contributed by atoms with E-state index in [1.807, 2.05) is 20.8 Å². The van der Waals surface area contributed by atoms with Gasteiger partial charge in [0.2, 0.25) is 5.91 Å². The van der Waals surface area contributed by atoms with Crippen LogP contribution in [-0.2, 0) is 4.79 Å². The van der Waals surface area contributed by atoms with Gasteiger partial charge in [0.25, 0.3) is 0 Å². The van der Waals surface area contributed by atoms with Crippen molar-refractivity contribution in [1.82, 2.24) is 10.2 Å². The highest BCUT2D eigenvalue weighted by atomic mass is 19.4. The van der Waals surface area contributed by atoms with Crippen LogP contribution in [0.4, 0.5) is 13.2 Å². The Kier molecular flexibility index (Phi) is 7.98. The van der Waals surface area contributed by atoms with Gasteiger partial charge >= 0.3 is 6.18 Å². The van der Waals surface area contributed by atoms with Crippen molar-refractivity contribution in [2.45, 2.75) is 52.3 Å². The number of unbranched alkanes of at least 4 members (excludes halogenated alkanes) is 1. The first-order chi connectivity index (χ1) is 8.26. The summed E-state index contributed by atoms with van der Waals surface area (Å²) in [6, 6.07) is 0.226. The third-order valence-corrected chi connectivity index (χ3v) is 2.40. The van der Waals surface area contributed by atoms with E-state index in [2.05, 4.69) is 5.32 Å². The molecule has 0 atom stereocenters. The number of carbonyl (C=O) groups is 1. The van der Waals surface area contributed by atoms with E-state index in [-0.39, 0.29) is 19.0 Å². The molecule has 0 rings (SSSR count). The van der Waals surface area contributed by atoms with Crippen LogP contribution in [0.15, 0.2) is 0 Å². The van der Waals surface area contributed by atoms with Crippen LogP contribution < -0.4 is 5.32 Å². The van der Waals surface area contributed by atoms with E-state index in [9.17, 15) is 18.0 Å². The Labute approximate surface area is 107 Å². The smallest absolute Gasteiger partial charge is 0.334 e. The van der Waals surface area contributed by atoms with Crippen molar-refractivity contribution in [3.05, 3.63) is 0 Å². The second-order valence-corrected chi connectivity index (χ2v) is 4.64. The fraction of sp³-hybridized carbons (Fsp3) is 0.917. The monoisotopic (exact) mass is 268 g/mol. The van der Waals surface area contributed by atoms with Gasteiger partial charge in [-0.3, -0.25) is 4.79 Å². The number of carbonyl (C=O) groups excluding carboxylic acids is 1. The fourth-order valence-corrected chi connectivity index (χ4v) is 1.48. The van der Waals surface area contributed by atoms with Crippen molar-refractivity contribution in [3.63, 3.8) is 0 Å². The van der Waals surface area contributed by atoms with Crippen LogP contribution in [0.1, 0.15) is 40.0 Å². The molecular formula is C12H23F3N2O. The molecule has 0 aromatic carbocycles. The van der Waals surface area contributed by atoms with Crippen molar-refractivity contribution in [2.24, 2.45) is 0 Å². The summed E-state index contributed by atoms with van der Waals surface area (Å²) >= 11 is 0. The topological polar surface area (TPSA) is 32.3 Å². The van der Waals surface area contributed by atoms with Gasteiger partial charge in [0, 0.05) is 25.6 Å². The molecule has 0 heterocycles. The summed E-state index contributed by atoms with van der Waals surface area (Å²) in [6.07, 6.45) is -2.85. The zero-order chi connectivity index (χ0) is 14.2. The lowest BCUT2D eigenvalue weighted by molar-refractivity contribution is -0.161. The highest BCUT2D eigenvalue weighted by Gasteiger charge is 2.32. The molecule has 3 nitrogen and oxygen atoms in total. The van der Waals surface area contributed by atoms with Crippen LogP contribution in [0.25, 0.3) is 0 Å². The van der Waals surface area contributed by atoms with Gasteiger partial charge in [-0.2, -0.15) is 13.2 Å². The Bertz CT molecular complexity index is 242. The molecule has 0 aromatic heterocycles. The van der Waals surface area contributed by atoms with Crippen LogP contribution in [0.3, 0.4) is 0 Å². The summed E-state index contributed by atoms with van der Waals surface area (Å²) in [4.78, 5) is 12.6. The van der Waals surface area contributed by atoms with E-state index < -0.39 is 18.6 Å². The lowest BCUT2D eigenvalue weighted by Gasteiger charge is -2.24. The first kappa shape index (κ1) is 17.2. The first-order valence-corrected chi connectivity index (χ1v) is 6.34. The molecule has 0 spiro atoms. The number of rotatable bonds is 8. The standard InChI is InChI=1S/C12H23F3N2O/c1-4-5-8-17(9-12(13,14)15)11(18)6-7-16-10(2)3/h10,16H,4-9H2,1-3H3. The van der Waals surface area contributed by atoms with Crippen LogP contribution in [0.2, 0.25) is 0 Å². The summed E-state index contributed by atoms with van der Waals surface area (Å²) in [5.41, 5.74) is 0. The minimum Gasteiger partial charge on any atom is -0.334 e. The van der Waals surface area contributed by atoms with Crippen LogP contribution >= 0.6 is 0 Å². The molecule has 6 heteroatoms. The largest absolute Gasteiger partial charge is 0.406 e. The molecule has 0 aliphatic rings. The van der Waals surface area contributed by atoms with E-state index >= 15 is 0 Å². The van der Waals surface area contributed by atoms with E-state index in [1.165, 1.54) is 0 Å². The summed E-state index contributed by atoms with van der Waals surface area (Å²) in [5, 5.41) is 3.02. The van der Waals surface area contributed by atoms with Gasteiger partial charge < -0.3 is 10.2 Å². The molecule has 0 saturated carbocycles. The van der Waals surface area contributed by atoms with Gasteiger partial charge in [0.1, 0.15) is 6.54 Å². The van der Waals surface area contributed by atoms with Gasteiger partial charge in [-0.1, -0.05) is 27.2 Å². The van der Waals surface area contributed by atoms with Crippen LogP contribution in [-0.4, -0.2) is 42.7 Å². The van der Waals surface area contributed by atoms with Crippen molar-refractivity contribution >= 4 is 5.91 Å². The number of hydrogen-bond donors (Lipinski definition) is 1. The fourth-order valence-electron chi connectivity index (χ4n) is 1.48. The minimum absolute atomic E-state index is 0.109. The molecule has 0 saturated heterocycles. The molecule has 0 unspecified atom stereocenters. The molecule has 0 fully saturated rings. The molecule has 108 valence electrons. The van der Waals surface area contributed by atoms with Gasteiger partial charge in [-0.05, 0) is 6.42 Å². The number of amides is 1. The summed E-state index contributed by atoms with van der Waals surface area (Å²) < 4.78 is 37.0. The normalized spacial score (nSPS) is 11.9. The van der Waals surface area contributed by atoms with Gasteiger partial charge in [-0.25, -0.2) is 0 Å². The molecule has 0 aliphatic carbocycles. The number of alkyl halides is 3. The Morgan fingerprint density at radius 1 is 1.33 bits per heavy atom. The van der Waals surface area contributed by atoms with Gasteiger partial charge in [-0.15, -0.1) is 0 Å². The summed E-state index contributed by atoms with van der Waals surface area (Å²) in [6.45, 7) is 5.18. The van der Waals surface area contributed by atoms with E-state index in [4.69, 9.17) is 0 Å². The number of hydrogen-bond acceptors (Lipinski definition) is 2. The molecule has 18 heavy (non-hydrogen) atoms. The minimum atomic E-state index is -4.32. The molecular weight excluding hydrogens is 245 g/mol. The summed E-state index contributed by atoms with van der Waals surface area (Å²) in [7, 11) is 0. The maximum atomic E-state index is 12.3.